The highest BCUT2D eigenvalue weighted by molar-refractivity contribution is 5.92. The number of fused-ring (bicyclic) bond motifs is 2. The summed E-state index contributed by atoms with van der Waals surface area (Å²) >= 11 is 0. The molecule has 2 heterocycles. The lowest BCUT2D eigenvalue weighted by atomic mass is 10.1. The van der Waals surface area contributed by atoms with Crippen LogP contribution in [0.4, 0.5) is 10.1 Å². The van der Waals surface area contributed by atoms with Gasteiger partial charge in [0.25, 0.3) is 0 Å². The topological polar surface area (TPSA) is 33.5 Å². The van der Waals surface area contributed by atoms with Gasteiger partial charge in [-0.25, -0.2) is 4.39 Å². The normalized spacial score (nSPS) is 15.1. The highest BCUT2D eigenvalue weighted by Crippen LogP contribution is 2.30. The van der Waals surface area contributed by atoms with Gasteiger partial charge in [-0.2, -0.15) is 0 Å². The van der Waals surface area contributed by atoms with Crippen LogP contribution in [0.2, 0.25) is 0 Å². The number of para-hydroxylation sites is 1. The van der Waals surface area contributed by atoms with Crippen LogP contribution in [-0.4, -0.2) is 13.1 Å². The summed E-state index contributed by atoms with van der Waals surface area (Å²) in [6.45, 7) is 4.03. The van der Waals surface area contributed by atoms with Gasteiger partial charge in [0, 0.05) is 24.8 Å². The van der Waals surface area contributed by atoms with E-state index in [9.17, 15) is 9.18 Å². The molecule has 0 spiro atoms. The van der Waals surface area contributed by atoms with Crippen molar-refractivity contribution in [2.45, 2.75) is 19.8 Å². The predicted octanol–water partition coefficient (Wildman–Crippen LogP) is 3.99. The minimum Gasteiger partial charge on any atom is -0.453 e. The first-order chi connectivity index (χ1) is 10.6. The van der Waals surface area contributed by atoms with Crippen LogP contribution < -0.4 is 10.3 Å². The zero-order chi connectivity index (χ0) is 15.3. The van der Waals surface area contributed by atoms with Gasteiger partial charge in [-0.3, -0.25) is 4.79 Å². The molecule has 2 aromatic carbocycles. The summed E-state index contributed by atoms with van der Waals surface area (Å²) < 4.78 is 19.6. The SMILES string of the molecule is Cc1cc2c(=O)c3cccc(F)c3oc2cc1N1CCCC1. The molecule has 3 nitrogen and oxygen atoms in total. The Balaban J connectivity index is 2.05. The number of rotatable bonds is 1. The molecular weight excluding hydrogens is 281 g/mol. The summed E-state index contributed by atoms with van der Waals surface area (Å²) in [5.74, 6) is -0.500. The van der Waals surface area contributed by atoms with E-state index >= 15 is 0 Å². The van der Waals surface area contributed by atoms with Crippen molar-refractivity contribution in [1.82, 2.24) is 0 Å². The lowest BCUT2D eigenvalue weighted by Crippen LogP contribution is -2.19. The van der Waals surface area contributed by atoms with Gasteiger partial charge >= 0.3 is 0 Å². The van der Waals surface area contributed by atoms with Crippen molar-refractivity contribution in [3.8, 4) is 0 Å². The van der Waals surface area contributed by atoms with Gasteiger partial charge in [0.05, 0.1) is 10.8 Å². The van der Waals surface area contributed by atoms with Crippen molar-refractivity contribution < 1.29 is 8.81 Å². The first kappa shape index (κ1) is 13.3. The molecule has 0 bridgehead atoms. The van der Waals surface area contributed by atoms with Crippen LogP contribution in [0.25, 0.3) is 21.9 Å². The van der Waals surface area contributed by atoms with Gasteiger partial charge in [-0.05, 0) is 43.5 Å². The molecular formula is C18H16FNO2. The maximum atomic E-state index is 13.9. The molecule has 1 aliphatic heterocycles. The van der Waals surface area contributed by atoms with Crippen LogP contribution in [0, 0.1) is 12.7 Å². The molecule has 1 fully saturated rings. The number of hydrogen-bond donors (Lipinski definition) is 0. The summed E-state index contributed by atoms with van der Waals surface area (Å²) in [7, 11) is 0. The molecule has 4 rings (SSSR count). The first-order valence-electron chi connectivity index (χ1n) is 7.56. The Morgan fingerprint density at radius 2 is 1.91 bits per heavy atom. The molecule has 22 heavy (non-hydrogen) atoms. The molecule has 3 aromatic rings. The Kier molecular flexibility index (Phi) is 2.93. The Morgan fingerprint density at radius 1 is 1.14 bits per heavy atom. The lowest BCUT2D eigenvalue weighted by molar-refractivity contribution is 0.579. The van der Waals surface area contributed by atoms with Crippen LogP contribution in [0.15, 0.2) is 39.5 Å². The van der Waals surface area contributed by atoms with Crippen LogP contribution in [-0.2, 0) is 0 Å². The number of hydrogen-bond acceptors (Lipinski definition) is 3. The second-order valence-corrected chi connectivity index (χ2v) is 5.88. The van der Waals surface area contributed by atoms with E-state index in [2.05, 4.69) is 4.90 Å². The van der Waals surface area contributed by atoms with E-state index in [1.807, 2.05) is 19.1 Å². The van der Waals surface area contributed by atoms with Gasteiger partial charge in [0.15, 0.2) is 11.4 Å². The first-order valence-corrected chi connectivity index (χ1v) is 7.56. The maximum absolute atomic E-state index is 13.9. The zero-order valence-corrected chi connectivity index (χ0v) is 12.4. The third-order valence-corrected chi connectivity index (χ3v) is 4.41. The van der Waals surface area contributed by atoms with E-state index in [-0.39, 0.29) is 11.0 Å². The van der Waals surface area contributed by atoms with Crippen molar-refractivity contribution in [2.24, 2.45) is 0 Å². The molecule has 1 saturated heterocycles. The molecule has 112 valence electrons. The summed E-state index contributed by atoms with van der Waals surface area (Å²) in [5, 5.41) is 0.805. The van der Waals surface area contributed by atoms with E-state index in [1.54, 1.807) is 6.07 Å². The minimum absolute atomic E-state index is 0.0382. The summed E-state index contributed by atoms with van der Waals surface area (Å²) in [4.78, 5) is 14.9. The molecule has 0 N–H and O–H groups in total. The van der Waals surface area contributed by atoms with Crippen LogP contribution >= 0.6 is 0 Å². The van der Waals surface area contributed by atoms with Crippen molar-refractivity contribution in [2.75, 3.05) is 18.0 Å². The van der Waals surface area contributed by atoms with E-state index in [4.69, 9.17) is 4.42 Å². The molecule has 0 radical (unpaired) electrons. The van der Waals surface area contributed by atoms with Crippen molar-refractivity contribution in [3.63, 3.8) is 0 Å². The van der Waals surface area contributed by atoms with Crippen molar-refractivity contribution >= 4 is 27.6 Å². The lowest BCUT2D eigenvalue weighted by Gasteiger charge is -2.20. The van der Waals surface area contributed by atoms with Gasteiger partial charge in [-0.15, -0.1) is 0 Å². The Labute approximate surface area is 127 Å². The predicted molar refractivity (Wildman–Crippen MR) is 86.1 cm³/mol. The van der Waals surface area contributed by atoms with E-state index in [0.717, 1.165) is 24.3 Å². The second kappa shape index (κ2) is 4.83. The van der Waals surface area contributed by atoms with E-state index < -0.39 is 5.82 Å². The summed E-state index contributed by atoms with van der Waals surface area (Å²) in [5.41, 5.74) is 2.44. The largest absolute Gasteiger partial charge is 0.453 e. The van der Waals surface area contributed by atoms with Gasteiger partial charge in [0.1, 0.15) is 5.58 Å². The van der Waals surface area contributed by atoms with Gasteiger partial charge < -0.3 is 9.32 Å². The maximum Gasteiger partial charge on any atom is 0.200 e. The number of halogens is 1. The molecule has 1 aliphatic rings. The number of anilines is 1. The average Bonchev–Trinajstić information content (AvgIpc) is 3.03. The molecule has 0 aliphatic carbocycles. The summed E-state index contributed by atoms with van der Waals surface area (Å²) in [6.07, 6.45) is 2.35. The highest BCUT2D eigenvalue weighted by Gasteiger charge is 2.18. The molecule has 0 unspecified atom stereocenters. The quantitative estimate of drug-likeness (QED) is 0.637. The standard InChI is InChI=1S/C18H16FNO2/c1-11-9-13-16(10-15(11)20-7-2-3-8-20)22-18-12(17(13)21)5-4-6-14(18)19/h4-6,9-10H,2-3,7-8H2,1H3. The number of nitrogens with zero attached hydrogens (tertiary/aromatic N) is 1. The molecule has 0 saturated carbocycles. The van der Waals surface area contributed by atoms with Crippen molar-refractivity contribution in [1.29, 1.82) is 0 Å². The highest BCUT2D eigenvalue weighted by atomic mass is 19.1. The molecule has 0 atom stereocenters. The second-order valence-electron chi connectivity index (χ2n) is 5.88. The fourth-order valence-corrected chi connectivity index (χ4v) is 3.28. The van der Waals surface area contributed by atoms with Crippen LogP contribution in [0.1, 0.15) is 18.4 Å². The fraction of sp³-hybridized carbons (Fsp3) is 0.278. The third kappa shape index (κ3) is 1.90. The Bertz CT molecular complexity index is 939. The van der Waals surface area contributed by atoms with E-state index in [0.29, 0.717) is 16.4 Å². The number of benzene rings is 2. The van der Waals surface area contributed by atoms with Crippen LogP contribution in [0.5, 0.6) is 0 Å². The third-order valence-electron chi connectivity index (χ3n) is 4.41. The van der Waals surface area contributed by atoms with E-state index in [1.165, 1.54) is 25.0 Å². The molecule has 4 heteroatoms. The zero-order valence-electron chi connectivity index (χ0n) is 12.4. The number of aryl methyl sites for hydroxylation is 1. The fourth-order valence-electron chi connectivity index (χ4n) is 3.28. The van der Waals surface area contributed by atoms with Gasteiger partial charge in [0.2, 0.25) is 5.43 Å². The van der Waals surface area contributed by atoms with Gasteiger partial charge in [-0.1, -0.05) is 6.07 Å². The monoisotopic (exact) mass is 297 g/mol. The smallest absolute Gasteiger partial charge is 0.200 e. The van der Waals surface area contributed by atoms with Crippen molar-refractivity contribution in [3.05, 3.63) is 51.9 Å². The summed E-state index contributed by atoms with van der Waals surface area (Å²) in [6, 6.07) is 8.19. The Hall–Kier alpha value is -2.36. The Morgan fingerprint density at radius 3 is 2.68 bits per heavy atom. The molecule has 0 amide bonds. The average molecular weight is 297 g/mol. The molecule has 1 aromatic heterocycles. The van der Waals surface area contributed by atoms with Crippen LogP contribution in [0.3, 0.4) is 0 Å². The minimum atomic E-state index is -0.500.